The van der Waals surface area contributed by atoms with E-state index >= 15 is 0 Å². The number of anilines is 1. The van der Waals surface area contributed by atoms with Gasteiger partial charge in [-0.3, -0.25) is 4.79 Å². The maximum absolute atomic E-state index is 13.2. The molecule has 1 saturated carbocycles. The molecule has 0 bridgehead atoms. The molecule has 1 heterocycles. The molecule has 0 radical (unpaired) electrons. The number of nitrogens with one attached hydrogen (secondary N) is 1. The van der Waals surface area contributed by atoms with E-state index in [9.17, 15) is 10.1 Å². The number of amides is 1. The van der Waals surface area contributed by atoms with E-state index in [2.05, 4.69) is 28.1 Å². The predicted octanol–water partition coefficient (Wildman–Crippen LogP) is 7.52. The van der Waals surface area contributed by atoms with Crippen LogP contribution < -0.4 is 10.1 Å². The molecular formula is C32H31N3O2. The topological polar surface area (TPSA) is 67.0 Å². The summed E-state index contributed by atoms with van der Waals surface area (Å²) in [5, 5.41) is 13.5. The number of aromatic nitrogens is 1. The van der Waals surface area contributed by atoms with Crippen molar-refractivity contribution in [1.29, 1.82) is 5.26 Å². The van der Waals surface area contributed by atoms with Crippen molar-refractivity contribution >= 4 is 11.7 Å². The van der Waals surface area contributed by atoms with Gasteiger partial charge in [-0.15, -0.1) is 0 Å². The lowest BCUT2D eigenvalue weighted by atomic mass is 9.94. The zero-order chi connectivity index (χ0) is 25.6. The van der Waals surface area contributed by atoms with Crippen LogP contribution in [0.4, 0.5) is 5.82 Å². The number of hydrogen-bond acceptors (Lipinski definition) is 3. The van der Waals surface area contributed by atoms with Crippen LogP contribution in [0.3, 0.4) is 0 Å². The average Bonchev–Trinajstić information content (AvgIpc) is 3.28. The number of nitriles is 1. The molecule has 5 nitrogen and oxygen atoms in total. The molecule has 0 unspecified atom stereocenters. The summed E-state index contributed by atoms with van der Waals surface area (Å²) in [4.78, 5) is 13.2. The first-order valence-corrected chi connectivity index (χ1v) is 12.9. The molecule has 37 heavy (non-hydrogen) atoms. The summed E-state index contributed by atoms with van der Waals surface area (Å²) < 4.78 is 7.98. The maximum Gasteiger partial charge on any atom is 0.263 e. The van der Waals surface area contributed by atoms with Gasteiger partial charge in [0, 0.05) is 11.6 Å². The number of carbonyl (C=O) groups is 1. The molecule has 1 fully saturated rings. The van der Waals surface area contributed by atoms with Crippen molar-refractivity contribution in [2.45, 2.75) is 45.1 Å². The first kappa shape index (κ1) is 24.4. The number of carbonyl (C=O) groups excluding carboxylic acids is 1. The molecule has 1 aliphatic rings. The Morgan fingerprint density at radius 2 is 1.54 bits per heavy atom. The van der Waals surface area contributed by atoms with E-state index in [0.29, 0.717) is 17.1 Å². The van der Waals surface area contributed by atoms with Crippen LogP contribution in [0.5, 0.6) is 5.75 Å². The maximum atomic E-state index is 13.2. The van der Waals surface area contributed by atoms with Crippen LogP contribution in [-0.2, 0) is 4.79 Å². The van der Waals surface area contributed by atoms with Crippen LogP contribution in [-0.4, -0.2) is 17.1 Å². The predicted molar refractivity (Wildman–Crippen MR) is 147 cm³/mol. The van der Waals surface area contributed by atoms with Gasteiger partial charge in [0.2, 0.25) is 0 Å². The lowest BCUT2D eigenvalue weighted by Crippen LogP contribution is -2.24. The molecule has 0 saturated heterocycles. The van der Waals surface area contributed by atoms with Crippen molar-refractivity contribution in [3.63, 3.8) is 0 Å². The van der Waals surface area contributed by atoms with E-state index in [0.717, 1.165) is 53.6 Å². The van der Waals surface area contributed by atoms with E-state index in [4.69, 9.17) is 4.74 Å². The first-order valence-electron chi connectivity index (χ1n) is 12.9. The molecule has 4 aromatic rings. The van der Waals surface area contributed by atoms with Gasteiger partial charge in [0.15, 0.2) is 6.61 Å². The monoisotopic (exact) mass is 489 g/mol. The Hall–Kier alpha value is -4.30. The molecule has 1 aromatic heterocycles. The van der Waals surface area contributed by atoms with E-state index in [1.54, 1.807) is 0 Å². The van der Waals surface area contributed by atoms with Crippen molar-refractivity contribution in [2.75, 3.05) is 11.9 Å². The zero-order valence-corrected chi connectivity index (χ0v) is 21.1. The first-order chi connectivity index (χ1) is 18.2. The standard InChI is InChI=1S/C32H31N3O2/c1-23-17-19-27(20-18-23)37-22-29(36)34-32-28(21-33)30(24-11-5-2-6-12-24)31(25-13-7-3-8-14-25)35(32)26-15-9-4-10-16-26/h2-3,5-8,11-14,17-20,26H,4,9-10,15-16,22H2,1H3,(H,34,36). The Kier molecular flexibility index (Phi) is 7.37. The Bertz CT molecular complexity index is 1390. The SMILES string of the molecule is Cc1ccc(OCC(=O)Nc2c(C#N)c(-c3ccccc3)c(-c3ccccc3)n2C2CCCCC2)cc1. The third-order valence-corrected chi connectivity index (χ3v) is 7.02. The molecule has 5 rings (SSSR count). The van der Waals surface area contributed by atoms with E-state index in [1.807, 2.05) is 79.7 Å². The summed E-state index contributed by atoms with van der Waals surface area (Å²) in [6, 6.07) is 30.4. The fourth-order valence-electron chi connectivity index (χ4n) is 5.24. The summed E-state index contributed by atoms with van der Waals surface area (Å²) in [5.74, 6) is 0.911. The summed E-state index contributed by atoms with van der Waals surface area (Å²) >= 11 is 0. The Morgan fingerprint density at radius 3 is 2.16 bits per heavy atom. The normalized spacial score (nSPS) is 13.6. The van der Waals surface area contributed by atoms with Crippen molar-refractivity contribution in [3.8, 4) is 34.2 Å². The van der Waals surface area contributed by atoms with E-state index in [1.165, 1.54) is 6.42 Å². The van der Waals surface area contributed by atoms with Gasteiger partial charge in [-0.2, -0.15) is 5.26 Å². The second-order valence-corrected chi connectivity index (χ2v) is 9.60. The largest absolute Gasteiger partial charge is 0.484 e. The summed E-state index contributed by atoms with van der Waals surface area (Å²) in [6.45, 7) is 1.87. The number of nitrogens with zero attached hydrogens (tertiary/aromatic N) is 2. The molecule has 186 valence electrons. The number of hydrogen-bond donors (Lipinski definition) is 1. The van der Waals surface area contributed by atoms with Crippen LogP contribution in [0.2, 0.25) is 0 Å². The highest BCUT2D eigenvalue weighted by Crippen LogP contribution is 2.46. The number of rotatable bonds is 7. The van der Waals surface area contributed by atoms with Gasteiger partial charge in [0.1, 0.15) is 23.2 Å². The lowest BCUT2D eigenvalue weighted by Gasteiger charge is -2.28. The van der Waals surface area contributed by atoms with Crippen molar-refractivity contribution in [1.82, 2.24) is 4.57 Å². The van der Waals surface area contributed by atoms with Gasteiger partial charge < -0.3 is 14.6 Å². The molecule has 5 heteroatoms. The fourth-order valence-corrected chi connectivity index (χ4v) is 5.24. The van der Waals surface area contributed by atoms with Crippen molar-refractivity contribution in [3.05, 3.63) is 96.1 Å². The molecule has 1 amide bonds. The van der Waals surface area contributed by atoms with Crippen LogP contribution in [0.15, 0.2) is 84.9 Å². The minimum absolute atomic E-state index is 0.134. The van der Waals surface area contributed by atoms with Crippen molar-refractivity contribution < 1.29 is 9.53 Å². The summed E-state index contributed by atoms with van der Waals surface area (Å²) in [6.07, 6.45) is 5.49. The molecular weight excluding hydrogens is 458 g/mol. The summed E-state index contributed by atoms with van der Waals surface area (Å²) in [7, 11) is 0. The van der Waals surface area contributed by atoms with Gasteiger partial charge in [-0.1, -0.05) is 97.6 Å². The molecule has 0 atom stereocenters. The van der Waals surface area contributed by atoms with Gasteiger partial charge in [0.05, 0.1) is 5.69 Å². The van der Waals surface area contributed by atoms with Gasteiger partial charge >= 0.3 is 0 Å². The molecule has 1 aliphatic carbocycles. The second-order valence-electron chi connectivity index (χ2n) is 9.60. The molecule has 0 spiro atoms. The zero-order valence-electron chi connectivity index (χ0n) is 21.1. The number of ether oxygens (including phenoxy) is 1. The van der Waals surface area contributed by atoms with Crippen LogP contribution in [0, 0.1) is 18.3 Å². The quantitative estimate of drug-likeness (QED) is 0.292. The summed E-state index contributed by atoms with van der Waals surface area (Å²) in [5.41, 5.74) is 5.43. The van der Waals surface area contributed by atoms with E-state index < -0.39 is 0 Å². The van der Waals surface area contributed by atoms with Crippen LogP contribution in [0.1, 0.15) is 49.3 Å². The highest BCUT2D eigenvalue weighted by atomic mass is 16.5. The van der Waals surface area contributed by atoms with Gasteiger partial charge in [-0.25, -0.2) is 0 Å². The van der Waals surface area contributed by atoms with E-state index in [-0.39, 0.29) is 18.6 Å². The minimum Gasteiger partial charge on any atom is -0.484 e. The fraction of sp³-hybridized carbons (Fsp3) is 0.250. The highest BCUT2D eigenvalue weighted by molar-refractivity contribution is 5.98. The minimum atomic E-state index is -0.286. The molecule has 3 aromatic carbocycles. The molecule has 1 N–H and O–H groups in total. The Morgan fingerprint density at radius 1 is 0.919 bits per heavy atom. The number of aryl methyl sites for hydroxylation is 1. The lowest BCUT2D eigenvalue weighted by molar-refractivity contribution is -0.118. The smallest absolute Gasteiger partial charge is 0.263 e. The highest BCUT2D eigenvalue weighted by Gasteiger charge is 2.30. The van der Waals surface area contributed by atoms with Gasteiger partial charge in [-0.05, 0) is 43.0 Å². The third-order valence-electron chi connectivity index (χ3n) is 7.02. The Balaban J connectivity index is 1.61. The van der Waals surface area contributed by atoms with Gasteiger partial charge in [0.25, 0.3) is 5.91 Å². The van der Waals surface area contributed by atoms with Crippen LogP contribution >= 0.6 is 0 Å². The van der Waals surface area contributed by atoms with Crippen LogP contribution in [0.25, 0.3) is 22.4 Å². The third kappa shape index (κ3) is 5.29. The number of benzene rings is 3. The Labute approximate surface area is 218 Å². The second kappa shape index (κ2) is 11.2. The molecule has 0 aliphatic heterocycles. The average molecular weight is 490 g/mol. The van der Waals surface area contributed by atoms with Crippen molar-refractivity contribution in [2.24, 2.45) is 0 Å².